The number of imide groups is 1. The molecule has 2 fully saturated rings. The van der Waals surface area contributed by atoms with Crippen LogP contribution in [0.2, 0.25) is 0 Å². The highest BCUT2D eigenvalue weighted by Gasteiger charge is 2.29. The lowest BCUT2D eigenvalue weighted by Crippen LogP contribution is -2.50. The largest absolute Gasteiger partial charge is 0.330 e. The van der Waals surface area contributed by atoms with Crippen LogP contribution in [0.1, 0.15) is 103 Å². The van der Waals surface area contributed by atoms with E-state index >= 15 is 0 Å². The summed E-state index contributed by atoms with van der Waals surface area (Å²) in [6, 6.07) is -0.159. The second-order valence-electron chi connectivity index (χ2n) is 8.84. The van der Waals surface area contributed by atoms with Crippen molar-refractivity contribution in [3.8, 4) is 0 Å². The molecular weight excluding hydrogens is 350 g/mol. The van der Waals surface area contributed by atoms with Crippen molar-refractivity contribution in [2.24, 2.45) is 11.7 Å². The van der Waals surface area contributed by atoms with Crippen molar-refractivity contribution >= 4 is 11.8 Å². The van der Waals surface area contributed by atoms with Crippen LogP contribution in [-0.4, -0.2) is 42.4 Å². The van der Waals surface area contributed by atoms with Gasteiger partial charge in [-0.3, -0.25) is 14.5 Å². The van der Waals surface area contributed by atoms with E-state index in [0.717, 1.165) is 83.2 Å². The number of unbranched alkanes of at least 4 members (excludes halogenated alkanes) is 4. The summed E-state index contributed by atoms with van der Waals surface area (Å²) >= 11 is 0. The molecule has 1 aliphatic heterocycles. The van der Waals surface area contributed by atoms with E-state index < -0.39 is 0 Å². The Kier molecular flexibility index (Phi) is 11.8. The molecule has 1 atom stereocenters. The van der Waals surface area contributed by atoms with Crippen molar-refractivity contribution in [2.75, 3.05) is 19.6 Å². The highest BCUT2D eigenvalue weighted by molar-refractivity contribution is 5.97. The number of nitrogens with two attached hydrogens (primary N) is 1. The van der Waals surface area contributed by atoms with E-state index in [0.29, 0.717) is 13.0 Å². The van der Waals surface area contributed by atoms with Gasteiger partial charge in [0.2, 0.25) is 11.8 Å². The number of hydrogen-bond acceptors (Lipinski definition) is 4. The Morgan fingerprint density at radius 1 is 0.857 bits per heavy atom. The second-order valence-corrected chi connectivity index (χ2v) is 8.84. The average Bonchev–Trinajstić information content (AvgIpc) is 2.74. The van der Waals surface area contributed by atoms with E-state index in [9.17, 15) is 9.59 Å². The zero-order valence-electron chi connectivity index (χ0n) is 17.9. The van der Waals surface area contributed by atoms with Gasteiger partial charge in [0.05, 0.1) is 6.04 Å². The first-order valence-corrected chi connectivity index (χ1v) is 12.0. The van der Waals surface area contributed by atoms with E-state index in [2.05, 4.69) is 5.32 Å². The van der Waals surface area contributed by atoms with Gasteiger partial charge < -0.3 is 11.1 Å². The maximum atomic E-state index is 13.0. The van der Waals surface area contributed by atoms with E-state index in [1.165, 1.54) is 32.1 Å². The van der Waals surface area contributed by atoms with Crippen LogP contribution in [0.25, 0.3) is 0 Å². The van der Waals surface area contributed by atoms with Gasteiger partial charge in [0, 0.05) is 13.0 Å². The molecule has 0 aromatic carbocycles. The number of carbonyl (C=O) groups is 2. The minimum absolute atomic E-state index is 0.0179. The summed E-state index contributed by atoms with van der Waals surface area (Å²) in [6.07, 6.45) is 17.7. The highest BCUT2D eigenvalue weighted by atomic mass is 16.2. The number of carbonyl (C=O) groups excluding carboxylic acids is 2. The molecular formula is C23H43N3O2. The Bertz CT molecular complexity index is 443. The molecule has 0 aromatic heterocycles. The Balaban J connectivity index is 1.78. The first-order chi connectivity index (χ1) is 13.7. The Morgan fingerprint density at radius 2 is 1.57 bits per heavy atom. The monoisotopic (exact) mass is 393 g/mol. The third-order valence-corrected chi connectivity index (χ3v) is 6.49. The molecule has 5 nitrogen and oxygen atoms in total. The summed E-state index contributed by atoms with van der Waals surface area (Å²) in [5.74, 6) is 0.868. The van der Waals surface area contributed by atoms with Gasteiger partial charge in [-0.05, 0) is 57.5 Å². The number of nitrogens with one attached hydrogen (secondary N) is 1. The lowest BCUT2D eigenvalue weighted by Gasteiger charge is -2.29. The van der Waals surface area contributed by atoms with E-state index in [1.54, 1.807) is 4.90 Å². The average molecular weight is 394 g/mol. The molecule has 0 aromatic rings. The first kappa shape index (κ1) is 23.3. The van der Waals surface area contributed by atoms with Gasteiger partial charge in [-0.2, -0.15) is 0 Å². The zero-order valence-corrected chi connectivity index (χ0v) is 17.9. The maximum Gasteiger partial charge on any atom is 0.246 e. The minimum Gasteiger partial charge on any atom is -0.330 e. The van der Waals surface area contributed by atoms with E-state index in [-0.39, 0.29) is 17.9 Å². The fourth-order valence-electron chi connectivity index (χ4n) is 4.71. The van der Waals surface area contributed by atoms with Crippen LogP contribution in [0, 0.1) is 5.92 Å². The number of nitrogens with zero attached hydrogens (tertiary/aromatic N) is 1. The molecule has 162 valence electrons. The number of rotatable bonds is 12. The highest BCUT2D eigenvalue weighted by Crippen LogP contribution is 2.28. The molecule has 5 heteroatoms. The van der Waals surface area contributed by atoms with Crippen LogP contribution in [0.4, 0.5) is 0 Å². The smallest absolute Gasteiger partial charge is 0.246 e. The minimum atomic E-state index is -0.159. The summed E-state index contributed by atoms with van der Waals surface area (Å²) in [5.41, 5.74) is 5.55. The van der Waals surface area contributed by atoms with Crippen LogP contribution >= 0.6 is 0 Å². The van der Waals surface area contributed by atoms with E-state index in [1.807, 2.05) is 0 Å². The lowest BCUT2D eigenvalue weighted by atomic mass is 9.86. The second kappa shape index (κ2) is 14.1. The van der Waals surface area contributed by atoms with Gasteiger partial charge in [-0.25, -0.2) is 0 Å². The van der Waals surface area contributed by atoms with Gasteiger partial charge in [0.1, 0.15) is 0 Å². The van der Waals surface area contributed by atoms with Crippen LogP contribution in [0.15, 0.2) is 0 Å². The number of hydrogen-bond donors (Lipinski definition) is 2. The van der Waals surface area contributed by atoms with Gasteiger partial charge >= 0.3 is 0 Å². The Morgan fingerprint density at radius 3 is 2.29 bits per heavy atom. The molecule has 0 radical (unpaired) electrons. The molecule has 1 saturated heterocycles. The predicted octanol–water partition coefficient (Wildman–Crippen LogP) is 4.14. The van der Waals surface area contributed by atoms with Crippen molar-refractivity contribution in [1.82, 2.24) is 10.2 Å². The van der Waals surface area contributed by atoms with Crippen molar-refractivity contribution in [3.63, 3.8) is 0 Å². The SMILES string of the molecule is NCCCCCCCN(C(=O)CCCC1CCCCC1)C(=O)C1CCCCN1. The summed E-state index contributed by atoms with van der Waals surface area (Å²) < 4.78 is 0. The molecule has 1 saturated carbocycles. The predicted molar refractivity (Wildman–Crippen MR) is 115 cm³/mol. The molecule has 1 unspecified atom stereocenters. The lowest BCUT2D eigenvalue weighted by molar-refractivity contribution is -0.146. The molecule has 1 aliphatic carbocycles. The molecule has 28 heavy (non-hydrogen) atoms. The summed E-state index contributed by atoms with van der Waals surface area (Å²) in [5, 5.41) is 3.32. The number of amides is 2. The third-order valence-electron chi connectivity index (χ3n) is 6.49. The molecule has 0 spiro atoms. The van der Waals surface area contributed by atoms with Crippen molar-refractivity contribution < 1.29 is 9.59 Å². The Hall–Kier alpha value is -0.940. The molecule has 0 bridgehead atoms. The topological polar surface area (TPSA) is 75.4 Å². The van der Waals surface area contributed by atoms with Crippen molar-refractivity contribution in [1.29, 1.82) is 0 Å². The Labute approximate surface area is 172 Å². The zero-order chi connectivity index (χ0) is 20.0. The number of piperidine rings is 1. The normalized spacial score (nSPS) is 20.8. The van der Waals surface area contributed by atoms with Crippen LogP contribution < -0.4 is 11.1 Å². The van der Waals surface area contributed by atoms with Crippen LogP contribution in [0.3, 0.4) is 0 Å². The summed E-state index contributed by atoms with van der Waals surface area (Å²) in [6.45, 7) is 2.22. The van der Waals surface area contributed by atoms with Crippen molar-refractivity contribution in [3.05, 3.63) is 0 Å². The molecule has 2 aliphatic rings. The van der Waals surface area contributed by atoms with Gasteiger partial charge in [-0.15, -0.1) is 0 Å². The molecule has 3 N–H and O–H groups in total. The summed E-state index contributed by atoms with van der Waals surface area (Å²) in [7, 11) is 0. The standard InChI is InChI=1S/C23H43N3O2/c24-17-8-2-1-3-10-19-26(23(28)21-15-7-9-18-25-21)22(27)16-11-14-20-12-5-4-6-13-20/h20-21,25H,1-19,24H2. The third kappa shape index (κ3) is 8.60. The molecule has 2 rings (SSSR count). The van der Waals surface area contributed by atoms with Crippen LogP contribution in [0.5, 0.6) is 0 Å². The summed E-state index contributed by atoms with van der Waals surface area (Å²) in [4.78, 5) is 27.5. The quantitative estimate of drug-likeness (QED) is 0.489. The van der Waals surface area contributed by atoms with E-state index in [4.69, 9.17) is 5.73 Å². The first-order valence-electron chi connectivity index (χ1n) is 12.0. The fraction of sp³-hybridized carbons (Fsp3) is 0.913. The van der Waals surface area contributed by atoms with Crippen LogP contribution in [-0.2, 0) is 9.59 Å². The fourth-order valence-corrected chi connectivity index (χ4v) is 4.71. The molecule has 1 heterocycles. The van der Waals surface area contributed by atoms with Crippen molar-refractivity contribution in [2.45, 2.75) is 109 Å². The van der Waals surface area contributed by atoms with Gasteiger partial charge in [0.15, 0.2) is 0 Å². The van der Waals surface area contributed by atoms with Gasteiger partial charge in [0.25, 0.3) is 0 Å². The molecule has 2 amide bonds. The van der Waals surface area contributed by atoms with Gasteiger partial charge in [-0.1, -0.05) is 57.8 Å². The maximum absolute atomic E-state index is 13.0.